The van der Waals surface area contributed by atoms with E-state index in [4.69, 9.17) is 11.6 Å². The molecule has 0 unspecified atom stereocenters. The van der Waals surface area contributed by atoms with Crippen molar-refractivity contribution >= 4 is 16.8 Å². The van der Waals surface area contributed by atoms with Crippen LogP contribution in [-0.2, 0) is 0 Å². The zero-order valence-corrected chi connectivity index (χ0v) is 7.78. The van der Waals surface area contributed by atoms with Crippen LogP contribution >= 0.6 is 11.6 Å². The second kappa shape index (κ2) is 3.96. The zero-order chi connectivity index (χ0) is 10.9. The molecule has 0 radical (unpaired) electrons. The first-order chi connectivity index (χ1) is 6.43. The summed E-state index contributed by atoms with van der Waals surface area (Å²) in [6.07, 6.45) is -3.07. The predicted molar refractivity (Wildman–Crippen MR) is 44.1 cm³/mol. The Balaban J connectivity index is 3.35. The van der Waals surface area contributed by atoms with Crippen molar-refractivity contribution in [3.63, 3.8) is 0 Å². The SMILES string of the molecule is Cc1cc(C(=O)Cl)nc(C(F)F)c1F. The van der Waals surface area contributed by atoms with E-state index in [9.17, 15) is 18.0 Å². The van der Waals surface area contributed by atoms with Gasteiger partial charge < -0.3 is 0 Å². The second-order valence-corrected chi connectivity index (χ2v) is 2.94. The fraction of sp³-hybridized carbons (Fsp3) is 0.250. The number of carbonyl (C=O) groups is 1. The predicted octanol–water partition coefficient (Wildman–Crippen LogP) is 2.85. The molecule has 76 valence electrons. The van der Waals surface area contributed by atoms with Crippen LogP contribution in [0.2, 0.25) is 0 Å². The first-order valence-corrected chi connectivity index (χ1v) is 3.96. The maximum atomic E-state index is 13.0. The average Bonchev–Trinajstić information content (AvgIpc) is 2.08. The van der Waals surface area contributed by atoms with Crippen LogP contribution in [0.15, 0.2) is 6.07 Å². The van der Waals surface area contributed by atoms with Crippen LogP contribution in [0.3, 0.4) is 0 Å². The highest BCUT2D eigenvalue weighted by Crippen LogP contribution is 2.23. The number of aryl methyl sites for hydroxylation is 1. The molecule has 0 aliphatic heterocycles. The van der Waals surface area contributed by atoms with E-state index < -0.39 is 23.2 Å². The number of aromatic nitrogens is 1. The first kappa shape index (κ1) is 11.0. The number of rotatable bonds is 2. The number of pyridine rings is 1. The van der Waals surface area contributed by atoms with E-state index in [0.717, 1.165) is 6.07 Å². The van der Waals surface area contributed by atoms with Gasteiger partial charge in [-0.2, -0.15) is 0 Å². The number of nitrogens with zero attached hydrogens (tertiary/aromatic N) is 1. The van der Waals surface area contributed by atoms with Crippen LogP contribution in [0, 0.1) is 12.7 Å². The second-order valence-electron chi connectivity index (χ2n) is 2.60. The third-order valence-corrected chi connectivity index (χ3v) is 1.77. The van der Waals surface area contributed by atoms with E-state index in [2.05, 4.69) is 4.98 Å². The van der Waals surface area contributed by atoms with Crippen LogP contribution < -0.4 is 0 Å². The summed E-state index contributed by atoms with van der Waals surface area (Å²) < 4.78 is 37.4. The number of carbonyl (C=O) groups excluding carboxylic acids is 1. The zero-order valence-electron chi connectivity index (χ0n) is 7.02. The summed E-state index contributed by atoms with van der Waals surface area (Å²) in [6.45, 7) is 1.26. The summed E-state index contributed by atoms with van der Waals surface area (Å²) in [4.78, 5) is 13.7. The van der Waals surface area contributed by atoms with Crippen molar-refractivity contribution in [3.05, 3.63) is 28.8 Å². The average molecular weight is 224 g/mol. The van der Waals surface area contributed by atoms with Crippen LogP contribution in [0.4, 0.5) is 13.2 Å². The Morgan fingerprint density at radius 3 is 2.57 bits per heavy atom. The summed E-state index contributed by atoms with van der Waals surface area (Å²) in [7, 11) is 0. The molecule has 1 rings (SSSR count). The number of halogens is 4. The van der Waals surface area contributed by atoms with Crippen molar-refractivity contribution in [1.82, 2.24) is 4.98 Å². The largest absolute Gasteiger partial charge is 0.283 e. The molecule has 0 aliphatic carbocycles. The molecule has 1 aromatic rings. The molecule has 1 aromatic heterocycles. The van der Waals surface area contributed by atoms with Crippen LogP contribution in [0.25, 0.3) is 0 Å². The molecule has 14 heavy (non-hydrogen) atoms. The van der Waals surface area contributed by atoms with Crippen molar-refractivity contribution in [3.8, 4) is 0 Å². The number of hydrogen-bond donors (Lipinski definition) is 0. The Morgan fingerprint density at radius 2 is 2.14 bits per heavy atom. The lowest BCUT2D eigenvalue weighted by Gasteiger charge is -2.05. The molecule has 0 spiro atoms. The third kappa shape index (κ3) is 2.04. The Bertz CT molecular complexity index is 381. The van der Waals surface area contributed by atoms with Gasteiger partial charge >= 0.3 is 0 Å². The lowest BCUT2D eigenvalue weighted by Crippen LogP contribution is -2.04. The van der Waals surface area contributed by atoms with E-state index >= 15 is 0 Å². The van der Waals surface area contributed by atoms with Gasteiger partial charge in [-0.25, -0.2) is 18.2 Å². The molecule has 2 nitrogen and oxygen atoms in total. The van der Waals surface area contributed by atoms with Gasteiger partial charge in [-0.15, -0.1) is 0 Å². The highest BCUT2D eigenvalue weighted by Gasteiger charge is 2.20. The molecule has 0 saturated carbocycles. The minimum absolute atomic E-state index is 0.0840. The summed E-state index contributed by atoms with van der Waals surface area (Å²) in [5.41, 5.74) is -1.51. The molecule has 0 atom stereocenters. The van der Waals surface area contributed by atoms with Crippen molar-refractivity contribution in [2.24, 2.45) is 0 Å². The van der Waals surface area contributed by atoms with Gasteiger partial charge in [0.05, 0.1) is 0 Å². The van der Waals surface area contributed by atoms with Gasteiger partial charge in [0.25, 0.3) is 11.7 Å². The highest BCUT2D eigenvalue weighted by molar-refractivity contribution is 6.67. The maximum absolute atomic E-state index is 13.0. The van der Waals surface area contributed by atoms with E-state index in [1.54, 1.807) is 0 Å². The quantitative estimate of drug-likeness (QED) is 0.722. The van der Waals surface area contributed by atoms with Crippen molar-refractivity contribution in [2.75, 3.05) is 0 Å². The minimum atomic E-state index is -3.07. The van der Waals surface area contributed by atoms with Gasteiger partial charge in [0.1, 0.15) is 11.4 Å². The van der Waals surface area contributed by atoms with E-state index in [-0.39, 0.29) is 11.3 Å². The maximum Gasteiger partial charge on any atom is 0.283 e. The fourth-order valence-electron chi connectivity index (χ4n) is 0.927. The molecule has 0 fully saturated rings. The fourth-order valence-corrected chi connectivity index (χ4v) is 1.02. The van der Waals surface area contributed by atoms with Crippen LogP contribution in [-0.4, -0.2) is 10.2 Å². The van der Waals surface area contributed by atoms with Gasteiger partial charge in [-0.3, -0.25) is 4.79 Å². The molecule has 0 aromatic carbocycles. The van der Waals surface area contributed by atoms with Crippen molar-refractivity contribution < 1.29 is 18.0 Å². The Kier molecular flexibility index (Phi) is 3.10. The Hall–Kier alpha value is -1.10. The first-order valence-electron chi connectivity index (χ1n) is 3.58. The minimum Gasteiger partial charge on any atom is -0.274 e. The molecule has 0 saturated heterocycles. The van der Waals surface area contributed by atoms with Crippen molar-refractivity contribution in [1.29, 1.82) is 0 Å². The standard InChI is InChI=1S/C8H5ClF3NO/c1-3-2-4(7(9)14)13-6(5(3)10)8(11)12/h2,8H,1H3. The summed E-state index contributed by atoms with van der Waals surface area (Å²) in [5.74, 6) is -1.11. The van der Waals surface area contributed by atoms with Gasteiger partial charge in [0.15, 0.2) is 5.82 Å². The lowest BCUT2D eigenvalue weighted by molar-refractivity contribution is 0.107. The number of hydrogen-bond acceptors (Lipinski definition) is 2. The monoisotopic (exact) mass is 223 g/mol. The van der Waals surface area contributed by atoms with Crippen molar-refractivity contribution in [2.45, 2.75) is 13.3 Å². The molecule has 0 N–H and O–H groups in total. The van der Waals surface area contributed by atoms with Gasteiger partial charge in [0.2, 0.25) is 0 Å². The highest BCUT2D eigenvalue weighted by atomic mass is 35.5. The molecule has 1 heterocycles. The molecule has 0 aliphatic rings. The smallest absolute Gasteiger partial charge is 0.274 e. The summed E-state index contributed by atoms with van der Waals surface area (Å²) in [5, 5.41) is -0.991. The van der Waals surface area contributed by atoms with Crippen LogP contribution in [0.1, 0.15) is 28.2 Å². The topological polar surface area (TPSA) is 30.0 Å². The Labute approximate surface area is 82.7 Å². The Morgan fingerprint density at radius 1 is 1.57 bits per heavy atom. The molecular formula is C8H5ClF3NO. The van der Waals surface area contributed by atoms with E-state index in [1.165, 1.54) is 6.92 Å². The summed E-state index contributed by atoms with van der Waals surface area (Å²) in [6, 6.07) is 1.02. The van der Waals surface area contributed by atoms with Gasteiger partial charge in [-0.05, 0) is 30.2 Å². The van der Waals surface area contributed by atoms with Gasteiger partial charge in [0, 0.05) is 0 Å². The van der Waals surface area contributed by atoms with Gasteiger partial charge in [-0.1, -0.05) is 0 Å². The van der Waals surface area contributed by atoms with Crippen LogP contribution in [0.5, 0.6) is 0 Å². The molecule has 0 bridgehead atoms. The molecule has 6 heteroatoms. The normalized spacial score (nSPS) is 10.7. The van der Waals surface area contributed by atoms with E-state index in [1.807, 2.05) is 0 Å². The third-order valence-electron chi connectivity index (χ3n) is 1.57. The van der Waals surface area contributed by atoms with E-state index in [0.29, 0.717) is 0 Å². The summed E-state index contributed by atoms with van der Waals surface area (Å²) >= 11 is 5.04. The lowest BCUT2D eigenvalue weighted by atomic mass is 10.2. The molecular weight excluding hydrogens is 219 g/mol. The molecule has 0 amide bonds. The number of alkyl halides is 2.